The lowest BCUT2D eigenvalue weighted by atomic mass is 10.1. The Morgan fingerprint density at radius 1 is 1.03 bits per heavy atom. The van der Waals surface area contributed by atoms with Crippen LogP contribution in [0.25, 0.3) is 0 Å². The molecule has 0 spiro atoms. The van der Waals surface area contributed by atoms with Crippen LogP contribution < -0.4 is 4.72 Å². The molecule has 0 aromatic heterocycles. The second-order valence-corrected chi connectivity index (χ2v) is 10.9. The minimum atomic E-state index is -3.89. The van der Waals surface area contributed by atoms with Gasteiger partial charge in [0.1, 0.15) is 0 Å². The lowest BCUT2D eigenvalue weighted by molar-refractivity contribution is 0.0172. The van der Waals surface area contributed by atoms with E-state index in [1.54, 1.807) is 6.92 Å². The van der Waals surface area contributed by atoms with Crippen molar-refractivity contribution in [2.24, 2.45) is 0 Å². The Hall–Kier alpha value is -1.78. The van der Waals surface area contributed by atoms with E-state index < -0.39 is 19.9 Å². The summed E-state index contributed by atoms with van der Waals surface area (Å²) in [4.78, 5) is 2.16. The molecule has 0 bridgehead atoms. The van der Waals surface area contributed by atoms with Gasteiger partial charge in [0.2, 0.25) is 10.0 Å². The van der Waals surface area contributed by atoms with Gasteiger partial charge in [-0.2, -0.15) is 0 Å². The number of nitrogens with one attached hydrogen (secondary N) is 1. The first-order valence-electron chi connectivity index (χ1n) is 9.35. The van der Waals surface area contributed by atoms with Crippen LogP contribution >= 0.6 is 0 Å². The standard InChI is InChI=1S/C20H26N2O5S2/c1-16-8-9-18(28(2,23)24)14-20(16)29(25,26)21-15-19(17-6-4-3-5-7-17)22-10-12-27-13-11-22/h3-9,14,19,21H,10-13,15H2,1-2H3. The molecule has 0 amide bonds. The van der Waals surface area contributed by atoms with E-state index in [9.17, 15) is 16.8 Å². The van der Waals surface area contributed by atoms with Crippen molar-refractivity contribution in [1.29, 1.82) is 0 Å². The van der Waals surface area contributed by atoms with Crippen molar-refractivity contribution in [3.8, 4) is 0 Å². The van der Waals surface area contributed by atoms with Crippen LogP contribution in [0.15, 0.2) is 58.3 Å². The zero-order chi connectivity index (χ0) is 21.1. The van der Waals surface area contributed by atoms with Gasteiger partial charge >= 0.3 is 0 Å². The molecule has 3 rings (SSSR count). The average Bonchev–Trinajstić information content (AvgIpc) is 2.69. The highest BCUT2D eigenvalue weighted by Gasteiger charge is 2.26. The lowest BCUT2D eigenvalue weighted by Crippen LogP contribution is -2.43. The zero-order valence-electron chi connectivity index (χ0n) is 16.5. The highest BCUT2D eigenvalue weighted by Crippen LogP contribution is 2.24. The number of hydrogen-bond acceptors (Lipinski definition) is 6. The molecule has 158 valence electrons. The number of rotatable bonds is 7. The maximum absolute atomic E-state index is 13.0. The van der Waals surface area contributed by atoms with Crippen LogP contribution in [-0.4, -0.2) is 60.8 Å². The molecule has 1 heterocycles. The fraction of sp³-hybridized carbons (Fsp3) is 0.400. The first kappa shape index (κ1) is 21.9. The van der Waals surface area contributed by atoms with Crippen molar-refractivity contribution < 1.29 is 21.6 Å². The lowest BCUT2D eigenvalue weighted by Gasteiger charge is -2.35. The number of ether oxygens (including phenoxy) is 1. The van der Waals surface area contributed by atoms with E-state index >= 15 is 0 Å². The molecule has 2 aromatic carbocycles. The van der Waals surface area contributed by atoms with Gasteiger partial charge in [-0.25, -0.2) is 21.6 Å². The quantitative estimate of drug-likeness (QED) is 0.708. The van der Waals surface area contributed by atoms with Crippen LogP contribution in [-0.2, 0) is 24.6 Å². The highest BCUT2D eigenvalue weighted by atomic mass is 32.2. The first-order chi connectivity index (χ1) is 13.7. The van der Waals surface area contributed by atoms with Gasteiger partial charge in [-0.15, -0.1) is 0 Å². The summed E-state index contributed by atoms with van der Waals surface area (Å²) in [6.45, 7) is 4.46. The van der Waals surface area contributed by atoms with Gasteiger partial charge in [0, 0.05) is 31.9 Å². The topological polar surface area (TPSA) is 92.8 Å². The molecule has 1 atom stereocenters. The maximum Gasteiger partial charge on any atom is 0.240 e. The highest BCUT2D eigenvalue weighted by molar-refractivity contribution is 7.91. The van der Waals surface area contributed by atoms with E-state index in [4.69, 9.17) is 4.74 Å². The molecule has 0 radical (unpaired) electrons. The molecule has 1 aliphatic rings. The molecule has 9 heteroatoms. The van der Waals surface area contributed by atoms with Crippen molar-refractivity contribution in [3.05, 3.63) is 59.7 Å². The number of benzene rings is 2. The Bertz CT molecular complexity index is 1050. The predicted molar refractivity (Wildman–Crippen MR) is 111 cm³/mol. The van der Waals surface area contributed by atoms with Gasteiger partial charge in [0.05, 0.1) is 23.0 Å². The average molecular weight is 439 g/mol. The van der Waals surface area contributed by atoms with Crippen LogP contribution in [0.1, 0.15) is 17.2 Å². The number of sulfonamides is 1. The Morgan fingerprint density at radius 3 is 2.31 bits per heavy atom. The molecular formula is C20H26N2O5S2. The van der Waals surface area contributed by atoms with E-state index in [0.29, 0.717) is 31.9 Å². The Kier molecular flexibility index (Phi) is 6.75. The number of sulfone groups is 1. The fourth-order valence-electron chi connectivity index (χ4n) is 3.39. The van der Waals surface area contributed by atoms with Crippen molar-refractivity contribution in [1.82, 2.24) is 9.62 Å². The molecule has 1 saturated heterocycles. The van der Waals surface area contributed by atoms with E-state index in [0.717, 1.165) is 11.8 Å². The smallest absolute Gasteiger partial charge is 0.240 e. The molecule has 0 aliphatic carbocycles. The molecule has 1 aliphatic heterocycles. The Labute approximate surface area is 172 Å². The van der Waals surface area contributed by atoms with Gasteiger partial charge < -0.3 is 4.74 Å². The second-order valence-electron chi connectivity index (χ2n) is 7.13. The molecule has 0 saturated carbocycles. The predicted octanol–water partition coefficient (Wildman–Crippen LogP) is 1.75. The molecule has 29 heavy (non-hydrogen) atoms. The van der Waals surface area contributed by atoms with Crippen molar-refractivity contribution in [3.63, 3.8) is 0 Å². The molecule has 7 nitrogen and oxygen atoms in total. The normalized spacial score (nSPS) is 17.2. The van der Waals surface area contributed by atoms with Gasteiger partial charge in [-0.3, -0.25) is 4.90 Å². The molecule has 1 fully saturated rings. The third kappa shape index (κ3) is 5.43. The van der Waals surface area contributed by atoms with Gasteiger partial charge in [0.15, 0.2) is 9.84 Å². The van der Waals surface area contributed by atoms with E-state index in [1.807, 2.05) is 30.3 Å². The van der Waals surface area contributed by atoms with Crippen LogP contribution in [0, 0.1) is 6.92 Å². The Morgan fingerprint density at radius 2 is 1.69 bits per heavy atom. The van der Waals surface area contributed by atoms with Gasteiger partial charge in [-0.05, 0) is 30.2 Å². The first-order valence-corrected chi connectivity index (χ1v) is 12.7. The third-order valence-electron chi connectivity index (χ3n) is 5.01. The number of aryl methyl sites for hydroxylation is 1. The van der Waals surface area contributed by atoms with Gasteiger partial charge in [0.25, 0.3) is 0 Å². The molecule has 1 N–H and O–H groups in total. The monoisotopic (exact) mass is 438 g/mol. The minimum Gasteiger partial charge on any atom is -0.379 e. The van der Waals surface area contributed by atoms with Gasteiger partial charge in [-0.1, -0.05) is 36.4 Å². The van der Waals surface area contributed by atoms with Crippen LogP contribution in [0.2, 0.25) is 0 Å². The SMILES string of the molecule is Cc1ccc(S(C)(=O)=O)cc1S(=O)(=O)NCC(c1ccccc1)N1CCOCC1. The summed E-state index contributed by atoms with van der Waals surface area (Å²) in [5, 5.41) is 0. The van der Waals surface area contributed by atoms with E-state index in [-0.39, 0.29) is 22.4 Å². The number of hydrogen-bond donors (Lipinski definition) is 1. The fourth-order valence-corrected chi connectivity index (χ4v) is 5.42. The van der Waals surface area contributed by atoms with Crippen molar-refractivity contribution >= 4 is 19.9 Å². The maximum atomic E-state index is 13.0. The second kappa shape index (κ2) is 8.93. The number of morpholine rings is 1. The number of nitrogens with zero attached hydrogens (tertiary/aromatic N) is 1. The summed E-state index contributed by atoms with van der Waals surface area (Å²) < 4.78 is 57.8. The van der Waals surface area contributed by atoms with Crippen LogP contribution in [0.5, 0.6) is 0 Å². The van der Waals surface area contributed by atoms with E-state index in [2.05, 4.69) is 9.62 Å². The van der Waals surface area contributed by atoms with Crippen molar-refractivity contribution in [2.45, 2.75) is 22.8 Å². The largest absolute Gasteiger partial charge is 0.379 e. The summed E-state index contributed by atoms with van der Waals surface area (Å²) in [5.74, 6) is 0. The summed E-state index contributed by atoms with van der Waals surface area (Å²) in [6, 6.07) is 13.7. The molecule has 2 aromatic rings. The summed E-state index contributed by atoms with van der Waals surface area (Å²) in [6.07, 6.45) is 1.06. The summed E-state index contributed by atoms with van der Waals surface area (Å²) >= 11 is 0. The summed E-state index contributed by atoms with van der Waals surface area (Å²) in [7, 11) is -7.40. The van der Waals surface area contributed by atoms with E-state index in [1.165, 1.54) is 18.2 Å². The minimum absolute atomic E-state index is 0.0173. The van der Waals surface area contributed by atoms with Crippen molar-refractivity contribution in [2.75, 3.05) is 39.1 Å². The third-order valence-corrected chi connectivity index (χ3v) is 7.69. The molecular weight excluding hydrogens is 412 g/mol. The van der Waals surface area contributed by atoms with Crippen LogP contribution in [0.3, 0.4) is 0 Å². The molecule has 1 unspecified atom stereocenters. The zero-order valence-corrected chi connectivity index (χ0v) is 18.2. The Balaban J connectivity index is 1.87. The van der Waals surface area contributed by atoms with Crippen LogP contribution in [0.4, 0.5) is 0 Å². The summed E-state index contributed by atoms with van der Waals surface area (Å²) in [5.41, 5.74) is 1.51.